The molecule has 3 heteroatoms. The van der Waals surface area contributed by atoms with Crippen molar-refractivity contribution in [2.75, 3.05) is 0 Å². The van der Waals surface area contributed by atoms with Gasteiger partial charge in [-0.2, -0.15) is 0 Å². The van der Waals surface area contributed by atoms with Crippen LogP contribution in [-0.2, 0) is 6.54 Å². The van der Waals surface area contributed by atoms with E-state index in [1.807, 2.05) is 18.7 Å². The molecule has 3 nitrogen and oxygen atoms in total. The number of aryl methyl sites for hydroxylation is 1. The third-order valence-corrected chi connectivity index (χ3v) is 3.90. The summed E-state index contributed by atoms with van der Waals surface area (Å²) in [4.78, 5) is 4.23. The number of benzene rings is 1. The zero-order valence-corrected chi connectivity index (χ0v) is 13.1. The summed E-state index contributed by atoms with van der Waals surface area (Å²) >= 11 is 0. The van der Waals surface area contributed by atoms with Crippen LogP contribution in [0.1, 0.15) is 29.8 Å². The van der Waals surface area contributed by atoms with Crippen molar-refractivity contribution in [3.05, 3.63) is 90.3 Å². The average molecular weight is 291 g/mol. The van der Waals surface area contributed by atoms with E-state index in [1.165, 1.54) is 16.8 Å². The van der Waals surface area contributed by atoms with Crippen LogP contribution in [0.2, 0.25) is 0 Å². The number of allylic oxidation sites excluding steroid dienone is 2. The van der Waals surface area contributed by atoms with E-state index in [1.54, 1.807) is 0 Å². The molecule has 1 unspecified atom stereocenters. The summed E-state index contributed by atoms with van der Waals surface area (Å²) in [6.07, 6.45) is 12.1. The molecule has 0 aliphatic rings. The van der Waals surface area contributed by atoms with E-state index in [9.17, 15) is 0 Å². The smallest absolute Gasteiger partial charge is 0.0998 e. The molecule has 0 radical (unpaired) electrons. The predicted molar refractivity (Wildman–Crippen MR) is 89.9 cm³/mol. The van der Waals surface area contributed by atoms with Crippen LogP contribution in [0.25, 0.3) is 0 Å². The Labute approximate surface area is 131 Å². The molecule has 3 aromatic rings. The lowest BCUT2D eigenvalue weighted by atomic mass is 10.0. The lowest BCUT2D eigenvalue weighted by molar-refractivity contribution is 0.613. The minimum atomic E-state index is 0.142. The molecule has 0 amide bonds. The van der Waals surface area contributed by atoms with E-state index in [2.05, 4.69) is 82.7 Å². The average Bonchev–Trinajstić information content (AvgIpc) is 3.20. The molecule has 1 atom stereocenters. The highest BCUT2D eigenvalue weighted by Crippen LogP contribution is 2.27. The van der Waals surface area contributed by atoms with Gasteiger partial charge in [0.15, 0.2) is 0 Å². The highest BCUT2D eigenvalue weighted by Gasteiger charge is 2.18. The Balaban J connectivity index is 2.07. The fraction of sp³-hybridized carbons (Fsp3) is 0.211. The van der Waals surface area contributed by atoms with Crippen molar-refractivity contribution < 1.29 is 0 Å². The first-order valence-electron chi connectivity index (χ1n) is 7.60. The third-order valence-electron chi connectivity index (χ3n) is 3.90. The Morgan fingerprint density at radius 3 is 2.64 bits per heavy atom. The molecule has 0 aliphatic carbocycles. The number of imidazole rings is 1. The highest BCUT2D eigenvalue weighted by molar-refractivity contribution is 5.32. The molecule has 0 aliphatic heterocycles. The molecule has 22 heavy (non-hydrogen) atoms. The van der Waals surface area contributed by atoms with E-state index in [0.717, 1.165) is 6.54 Å². The Morgan fingerprint density at radius 1 is 1.14 bits per heavy atom. The molecule has 0 N–H and O–H groups in total. The van der Waals surface area contributed by atoms with Crippen LogP contribution < -0.4 is 0 Å². The SMILES string of the molecule is C/C=C/Cn1cccc1C(c1ccc(C)cc1)n1ccnc1. The van der Waals surface area contributed by atoms with Gasteiger partial charge in [-0.05, 0) is 31.5 Å². The lowest BCUT2D eigenvalue weighted by Crippen LogP contribution is -2.15. The number of aromatic nitrogens is 3. The number of nitrogens with zero attached hydrogens (tertiary/aromatic N) is 3. The van der Waals surface area contributed by atoms with Gasteiger partial charge in [0, 0.05) is 30.8 Å². The molecule has 2 heterocycles. The van der Waals surface area contributed by atoms with Crippen LogP contribution in [0.3, 0.4) is 0 Å². The fourth-order valence-electron chi connectivity index (χ4n) is 2.73. The zero-order valence-electron chi connectivity index (χ0n) is 13.1. The maximum Gasteiger partial charge on any atom is 0.0998 e. The summed E-state index contributed by atoms with van der Waals surface area (Å²) in [7, 11) is 0. The van der Waals surface area contributed by atoms with Crippen LogP contribution in [0.5, 0.6) is 0 Å². The molecule has 112 valence electrons. The van der Waals surface area contributed by atoms with E-state index in [0.29, 0.717) is 0 Å². The van der Waals surface area contributed by atoms with E-state index < -0.39 is 0 Å². The van der Waals surface area contributed by atoms with Crippen molar-refractivity contribution in [3.63, 3.8) is 0 Å². The zero-order chi connectivity index (χ0) is 15.4. The first-order chi connectivity index (χ1) is 10.8. The predicted octanol–water partition coefficient (Wildman–Crippen LogP) is 4.21. The van der Waals surface area contributed by atoms with E-state index >= 15 is 0 Å². The molecule has 0 spiro atoms. The number of hydrogen-bond acceptors (Lipinski definition) is 1. The van der Waals surface area contributed by atoms with Crippen molar-refractivity contribution >= 4 is 0 Å². The topological polar surface area (TPSA) is 22.8 Å². The summed E-state index contributed by atoms with van der Waals surface area (Å²) in [6.45, 7) is 5.05. The van der Waals surface area contributed by atoms with Crippen LogP contribution in [0, 0.1) is 6.92 Å². The first kappa shape index (κ1) is 14.4. The van der Waals surface area contributed by atoms with Crippen molar-refractivity contribution in [1.82, 2.24) is 14.1 Å². The molecular weight excluding hydrogens is 270 g/mol. The van der Waals surface area contributed by atoms with Gasteiger partial charge < -0.3 is 9.13 Å². The largest absolute Gasteiger partial charge is 0.345 e. The van der Waals surface area contributed by atoms with Gasteiger partial charge in [-0.3, -0.25) is 0 Å². The van der Waals surface area contributed by atoms with Crippen molar-refractivity contribution in [2.45, 2.75) is 26.4 Å². The normalized spacial score (nSPS) is 12.8. The second kappa shape index (κ2) is 6.48. The summed E-state index contributed by atoms with van der Waals surface area (Å²) in [5.41, 5.74) is 3.81. The van der Waals surface area contributed by atoms with Gasteiger partial charge in [-0.15, -0.1) is 0 Å². The third kappa shape index (κ3) is 2.89. The van der Waals surface area contributed by atoms with Crippen molar-refractivity contribution in [2.24, 2.45) is 0 Å². The Hall–Kier alpha value is -2.55. The second-order valence-electron chi connectivity index (χ2n) is 5.48. The molecule has 3 rings (SSSR count). The van der Waals surface area contributed by atoms with Gasteiger partial charge in [0.25, 0.3) is 0 Å². The van der Waals surface area contributed by atoms with Gasteiger partial charge in [-0.1, -0.05) is 42.0 Å². The van der Waals surface area contributed by atoms with Crippen LogP contribution in [-0.4, -0.2) is 14.1 Å². The Kier molecular flexibility index (Phi) is 4.24. The van der Waals surface area contributed by atoms with Gasteiger partial charge in [0.2, 0.25) is 0 Å². The van der Waals surface area contributed by atoms with E-state index in [-0.39, 0.29) is 6.04 Å². The molecule has 2 aromatic heterocycles. The fourth-order valence-corrected chi connectivity index (χ4v) is 2.73. The van der Waals surface area contributed by atoms with Crippen LogP contribution in [0.15, 0.2) is 73.5 Å². The molecule has 1 aromatic carbocycles. The number of hydrogen-bond donors (Lipinski definition) is 0. The minimum Gasteiger partial charge on any atom is -0.345 e. The Bertz CT molecular complexity index is 733. The lowest BCUT2D eigenvalue weighted by Gasteiger charge is -2.21. The maximum atomic E-state index is 4.23. The number of rotatable bonds is 5. The highest BCUT2D eigenvalue weighted by atomic mass is 15.1. The van der Waals surface area contributed by atoms with Gasteiger partial charge in [0.1, 0.15) is 0 Å². The maximum absolute atomic E-state index is 4.23. The van der Waals surface area contributed by atoms with Crippen LogP contribution >= 0.6 is 0 Å². The van der Waals surface area contributed by atoms with Crippen molar-refractivity contribution in [3.8, 4) is 0 Å². The second-order valence-corrected chi connectivity index (χ2v) is 5.48. The van der Waals surface area contributed by atoms with Gasteiger partial charge >= 0.3 is 0 Å². The Morgan fingerprint density at radius 2 is 1.95 bits per heavy atom. The molecule has 0 bridgehead atoms. The molecule has 0 saturated heterocycles. The minimum absolute atomic E-state index is 0.142. The monoisotopic (exact) mass is 291 g/mol. The summed E-state index contributed by atoms with van der Waals surface area (Å²) in [5.74, 6) is 0. The van der Waals surface area contributed by atoms with Gasteiger partial charge in [-0.25, -0.2) is 4.98 Å². The quantitative estimate of drug-likeness (QED) is 0.646. The summed E-state index contributed by atoms with van der Waals surface area (Å²) in [6, 6.07) is 13.2. The van der Waals surface area contributed by atoms with Crippen LogP contribution in [0.4, 0.5) is 0 Å². The molecule has 0 saturated carbocycles. The first-order valence-corrected chi connectivity index (χ1v) is 7.60. The summed E-state index contributed by atoms with van der Waals surface area (Å²) < 4.78 is 4.44. The molecule has 0 fully saturated rings. The summed E-state index contributed by atoms with van der Waals surface area (Å²) in [5, 5.41) is 0. The standard InChI is InChI=1S/C19H21N3/c1-3-4-12-21-13-5-6-18(21)19(22-14-11-20-15-22)17-9-7-16(2)8-10-17/h3-11,13-15,19H,12H2,1-2H3/b4-3+. The van der Waals surface area contributed by atoms with E-state index in [4.69, 9.17) is 0 Å². The van der Waals surface area contributed by atoms with Crippen molar-refractivity contribution in [1.29, 1.82) is 0 Å². The molecular formula is C19H21N3. The van der Waals surface area contributed by atoms with Gasteiger partial charge in [0.05, 0.1) is 12.4 Å².